The van der Waals surface area contributed by atoms with E-state index in [1.54, 1.807) is 0 Å². The summed E-state index contributed by atoms with van der Waals surface area (Å²) in [6.45, 7) is 2.09. The Morgan fingerprint density at radius 1 is 1.15 bits per heavy atom. The molecule has 0 spiro atoms. The fourth-order valence-corrected chi connectivity index (χ4v) is 3.89. The van der Waals surface area contributed by atoms with Crippen LogP contribution in [0.2, 0.25) is 0 Å². The number of hydrogen-bond acceptors (Lipinski definition) is 3. The van der Waals surface area contributed by atoms with E-state index in [2.05, 4.69) is 35.4 Å². The van der Waals surface area contributed by atoms with Gasteiger partial charge in [-0.2, -0.15) is 0 Å². The van der Waals surface area contributed by atoms with Gasteiger partial charge in [0.05, 0.1) is 6.04 Å². The number of benzene rings is 1. The van der Waals surface area contributed by atoms with Crippen molar-refractivity contribution in [3.63, 3.8) is 0 Å². The number of rotatable bonds is 1. The standard InChI is InChI=1S/C17H22N2O/c1-11-6-8-14-16(10-11)20-17(19-14)15-9-7-12-4-2-3-5-13(12)18-15/h6,8,10,12-13,15,18H,2-5,7,9H2,1H3. The smallest absolute Gasteiger partial charge is 0.212 e. The minimum Gasteiger partial charge on any atom is -0.439 e. The van der Waals surface area contributed by atoms with Gasteiger partial charge in [-0.1, -0.05) is 18.9 Å². The molecular weight excluding hydrogens is 248 g/mol. The van der Waals surface area contributed by atoms with Gasteiger partial charge in [0.2, 0.25) is 5.89 Å². The van der Waals surface area contributed by atoms with Gasteiger partial charge >= 0.3 is 0 Å². The van der Waals surface area contributed by atoms with Gasteiger partial charge in [-0.05, 0) is 56.2 Å². The van der Waals surface area contributed by atoms with Gasteiger partial charge in [0.25, 0.3) is 0 Å². The molecule has 3 atom stereocenters. The highest BCUT2D eigenvalue weighted by Gasteiger charge is 2.34. The molecule has 0 bridgehead atoms. The van der Waals surface area contributed by atoms with Crippen molar-refractivity contribution in [1.29, 1.82) is 0 Å². The van der Waals surface area contributed by atoms with Crippen molar-refractivity contribution in [2.24, 2.45) is 5.92 Å². The number of oxazole rings is 1. The summed E-state index contributed by atoms with van der Waals surface area (Å²) >= 11 is 0. The van der Waals surface area contributed by atoms with Crippen molar-refractivity contribution in [1.82, 2.24) is 10.3 Å². The van der Waals surface area contributed by atoms with Gasteiger partial charge in [0, 0.05) is 6.04 Å². The predicted octanol–water partition coefficient (Wildman–Crippen LogP) is 4.12. The van der Waals surface area contributed by atoms with E-state index in [-0.39, 0.29) is 0 Å². The van der Waals surface area contributed by atoms with Crippen LogP contribution in [0.25, 0.3) is 11.1 Å². The fourth-order valence-electron chi connectivity index (χ4n) is 3.89. The molecule has 1 N–H and O–H groups in total. The Morgan fingerprint density at radius 3 is 3.00 bits per heavy atom. The quantitative estimate of drug-likeness (QED) is 0.847. The lowest BCUT2D eigenvalue weighted by atomic mass is 9.78. The van der Waals surface area contributed by atoms with Crippen LogP contribution in [-0.2, 0) is 0 Å². The van der Waals surface area contributed by atoms with Gasteiger partial charge in [-0.25, -0.2) is 4.98 Å². The number of piperidine rings is 1. The first kappa shape index (κ1) is 12.4. The van der Waals surface area contributed by atoms with Crippen LogP contribution in [-0.4, -0.2) is 11.0 Å². The van der Waals surface area contributed by atoms with Crippen molar-refractivity contribution in [2.75, 3.05) is 0 Å². The molecule has 1 saturated heterocycles. The molecule has 3 nitrogen and oxygen atoms in total. The van der Waals surface area contributed by atoms with E-state index in [1.165, 1.54) is 37.7 Å². The summed E-state index contributed by atoms with van der Waals surface area (Å²) in [6.07, 6.45) is 7.98. The van der Waals surface area contributed by atoms with Gasteiger partial charge in [-0.3, -0.25) is 0 Å². The zero-order chi connectivity index (χ0) is 13.5. The Morgan fingerprint density at radius 2 is 2.05 bits per heavy atom. The molecular formula is C17H22N2O. The minimum atomic E-state index is 0.307. The number of fused-ring (bicyclic) bond motifs is 2. The second-order valence-corrected chi connectivity index (χ2v) is 6.47. The minimum absolute atomic E-state index is 0.307. The van der Waals surface area contributed by atoms with Crippen molar-refractivity contribution in [3.05, 3.63) is 29.7 Å². The number of hydrogen-bond donors (Lipinski definition) is 1. The average molecular weight is 270 g/mol. The van der Waals surface area contributed by atoms with E-state index in [1.807, 2.05) is 0 Å². The van der Waals surface area contributed by atoms with E-state index in [0.29, 0.717) is 12.1 Å². The molecule has 1 aliphatic carbocycles. The van der Waals surface area contributed by atoms with Crippen LogP contribution >= 0.6 is 0 Å². The molecule has 0 amide bonds. The highest BCUT2D eigenvalue weighted by Crippen LogP contribution is 2.37. The fraction of sp³-hybridized carbons (Fsp3) is 0.588. The molecule has 3 unspecified atom stereocenters. The van der Waals surface area contributed by atoms with Gasteiger partial charge in [0.1, 0.15) is 5.52 Å². The molecule has 1 saturated carbocycles. The molecule has 1 aromatic heterocycles. The number of nitrogens with zero attached hydrogens (tertiary/aromatic N) is 1. The molecule has 20 heavy (non-hydrogen) atoms. The summed E-state index contributed by atoms with van der Waals surface area (Å²) in [5.41, 5.74) is 3.13. The van der Waals surface area contributed by atoms with E-state index < -0.39 is 0 Å². The second kappa shape index (κ2) is 4.88. The second-order valence-electron chi connectivity index (χ2n) is 6.47. The molecule has 2 fully saturated rings. The molecule has 0 radical (unpaired) electrons. The van der Waals surface area contributed by atoms with E-state index in [0.717, 1.165) is 29.3 Å². The Labute approximate surface area is 119 Å². The molecule has 106 valence electrons. The van der Waals surface area contributed by atoms with Gasteiger partial charge in [0.15, 0.2) is 5.58 Å². The molecule has 2 heterocycles. The lowest BCUT2D eigenvalue weighted by Crippen LogP contribution is -2.44. The number of aryl methyl sites for hydroxylation is 1. The summed E-state index contributed by atoms with van der Waals surface area (Å²) < 4.78 is 5.99. The van der Waals surface area contributed by atoms with E-state index in [4.69, 9.17) is 4.42 Å². The highest BCUT2D eigenvalue weighted by molar-refractivity contribution is 5.73. The largest absolute Gasteiger partial charge is 0.439 e. The van der Waals surface area contributed by atoms with Crippen LogP contribution in [0.15, 0.2) is 22.6 Å². The van der Waals surface area contributed by atoms with Crippen molar-refractivity contribution < 1.29 is 4.42 Å². The van der Waals surface area contributed by atoms with Crippen LogP contribution in [0.4, 0.5) is 0 Å². The topological polar surface area (TPSA) is 38.1 Å². The summed E-state index contributed by atoms with van der Waals surface area (Å²) in [5, 5.41) is 3.79. The number of nitrogens with one attached hydrogen (secondary N) is 1. The SMILES string of the molecule is Cc1ccc2nc(C3CCC4CCCCC4N3)oc2c1. The summed E-state index contributed by atoms with van der Waals surface area (Å²) in [5.74, 6) is 1.77. The first-order valence-corrected chi connectivity index (χ1v) is 7.93. The molecule has 2 aromatic rings. The Bertz CT molecular complexity index is 618. The third-order valence-electron chi connectivity index (χ3n) is 5.01. The van der Waals surface area contributed by atoms with Crippen LogP contribution in [0, 0.1) is 12.8 Å². The lowest BCUT2D eigenvalue weighted by molar-refractivity contribution is 0.164. The predicted molar refractivity (Wildman–Crippen MR) is 79.6 cm³/mol. The third kappa shape index (κ3) is 2.14. The zero-order valence-corrected chi connectivity index (χ0v) is 12.1. The Kier molecular flexibility index (Phi) is 3.03. The van der Waals surface area contributed by atoms with Gasteiger partial charge < -0.3 is 9.73 Å². The average Bonchev–Trinajstić information content (AvgIpc) is 2.89. The zero-order valence-electron chi connectivity index (χ0n) is 12.1. The van der Waals surface area contributed by atoms with Crippen LogP contribution in [0.5, 0.6) is 0 Å². The van der Waals surface area contributed by atoms with Crippen LogP contribution < -0.4 is 5.32 Å². The molecule has 1 aliphatic heterocycles. The lowest BCUT2D eigenvalue weighted by Gasteiger charge is -2.39. The molecule has 1 aromatic carbocycles. The Balaban J connectivity index is 1.59. The summed E-state index contributed by atoms with van der Waals surface area (Å²) in [7, 11) is 0. The van der Waals surface area contributed by atoms with Crippen molar-refractivity contribution in [3.8, 4) is 0 Å². The highest BCUT2D eigenvalue weighted by atomic mass is 16.3. The van der Waals surface area contributed by atoms with Crippen molar-refractivity contribution >= 4 is 11.1 Å². The van der Waals surface area contributed by atoms with Gasteiger partial charge in [-0.15, -0.1) is 0 Å². The first-order chi connectivity index (χ1) is 9.79. The third-order valence-corrected chi connectivity index (χ3v) is 5.01. The monoisotopic (exact) mass is 270 g/mol. The maximum Gasteiger partial charge on any atom is 0.212 e. The normalized spacial score (nSPS) is 30.4. The summed E-state index contributed by atoms with van der Waals surface area (Å²) in [6, 6.07) is 7.23. The van der Waals surface area contributed by atoms with Crippen LogP contribution in [0.1, 0.15) is 56.0 Å². The van der Waals surface area contributed by atoms with Crippen molar-refractivity contribution in [2.45, 2.75) is 57.5 Å². The maximum absolute atomic E-state index is 5.99. The van der Waals surface area contributed by atoms with E-state index >= 15 is 0 Å². The van der Waals surface area contributed by atoms with E-state index in [9.17, 15) is 0 Å². The molecule has 2 aliphatic rings. The first-order valence-electron chi connectivity index (χ1n) is 7.93. The molecule has 4 rings (SSSR count). The molecule has 3 heteroatoms. The van der Waals surface area contributed by atoms with Crippen LogP contribution in [0.3, 0.4) is 0 Å². The maximum atomic E-state index is 5.99. The summed E-state index contributed by atoms with van der Waals surface area (Å²) in [4.78, 5) is 4.69. The number of aromatic nitrogens is 1. The Hall–Kier alpha value is -1.35.